The lowest BCUT2D eigenvalue weighted by Gasteiger charge is -2.12. The van der Waals surface area contributed by atoms with Gasteiger partial charge in [0.15, 0.2) is 17.3 Å². The van der Waals surface area contributed by atoms with Crippen molar-refractivity contribution in [1.29, 1.82) is 0 Å². The monoisotopic (exact) mass is 526 g/mol. The van der Waals surface area contributed by atoms with Gasteiger partial charge in [0.25, 0.3) is 5.91 Å². The molecule has 0 saturated heterocycles. The number of hydrogen-bond donors (Lipinski definition) is 2. The van der Waals surface area contributed by atoms with Crippen LogP contribution in [0.1, 0.15) is 34.1 Å². The van der Waals surface area contributed by atoms with Gasteiger partial charge in [-0.15, -0.1) is 0 Å². The number of amides is 1. The second kappa shape index (κ2) is 10.4. The minimum absolute atomic E-state index is 0.0656. The van der Waals surface area contributed by atoms with E-state index in [9.17, 15) is 18.4 Å². The zero-order valence-corrected chi connectivity index (χ0v) is 21.4. The van der Waals surface area contributed by atoms with Gasteiger partial charge in [-0.05, 0) is 67.3 Å². The number of carbonyl (C=O) groups excluding carboxylic acids is 1. The Kier molecular flexibility index (Phi) is 6.89. The summed E-state index contributed by atoms with van der Waals surface area (Å²) in [5.74, 6) is -1.59. The number of benzene rings is 2. The second-order valence-electron chi connectivity index (χ2n) is 9.07. The van der Waals surface area contributed by atoms with Gasteiger partial charge in [-0.3, -0.25) is 19.6 Å². The Morgan fingerprint density at radius 1 is 1.03 bits per heavy atom. The van der Waals surface area contributed by atoms with Gasteiger partial charge in [-0.2, -0.15) is 0 Å². The summed E-state index contributed by atoms with van der Waals surface area (Å²) in [7, 11) is 0. The zero-order chi connectivity index (χ0) is 27.7. The van der Waals surface area contributed by atoms with Crippen LogP contribution in [0.4, 0.5) is 14.5 Å². The number of H-pyrrole nitrogens is 1. The number of nitrogens with zero attached hydrogens (tertiary/aromatic N) is 2. The van der Waals surface area contributed by atoms with Crippen LogP contribution in [0, 0.1) is 25.5 Å². The number of halogens is 2. The van der Waals surface area contributed by atoms with Crippen molar-refractivity contribution in [3.63, 3.8) is 0 Å². The van der Waals surface area contributed by atoms with Gasteiger partial charge in [-0.25, -0.2) is 8.78 Å². The van der Waals surface area contributed by atoms with E-state index in [1.54, 1.807) is 32.3 Å². The van der Waals surface area contributed by atoms with Gasteiger partial charge >= 0.3 is 0 Å². The molecule has 0 atom stereocenters. The molecule has 0 unspecified atom stereocenters. The summed E-state index contributed by atoms with van der Waals surface area (Å²) in [5, 5.41) is 2.56. The Morgan fingerprint density at radius 2 is 1.85 bits per heavy atom. The number of carbonyl (C=O) groups is 1. The van der Waals surface area contributed by atoms with Gasteiger partial charge in [0.2, 0.25) is 5.43 Å². The number of pyridine rings is 3. The van der Waals surface area contributed by atoms with Crippen molar-refractivity contribution in [2.75, 3.05) is 5.32 Å². The highest BCUT2D eigenvalue weighted by atomic mass is 19.1. The van der Waals surface area contributed by atoms with Gasteiger partial charge in [0.1, 0.15) is 16.9 Å². The third-order valence-electron chi connectivity index (χ3n) is 6.40. The zero-order valence-electron chi connectivity index (χ0n) is 21.4. The molecule has 7 nitrogen and oxygen atoms in total. The second-order valence-corrected chi connectivity index (χ2v) is 9.07. The SMILES string of the molecule is CCc1cnc2c(Oc3ccc(NC(=O)c4c[nH]c(C)c(-c5ccc(F)cc5C)c4=O)cc3F)ccnc2c1. The number of aromatic nitrogens is 3. The molecule has 0 radical (unpaired) electrons. The Hall–Kier alpha value is -4.92. The summed E-state index contributed by atoms with van der Waals surface area (Å²) in [4.78, 5) is 37.9. The van der Waals surface area contributed by atoms with E-state index in [4.69, 9.17) is 4.74 Å². The van der Waals surface area contributed by atoms with Crippen molar-refractivity contribution in [2.24, 2.45) is 0 Å². The lowest BCUT2D eigenvalue weighted by atomic mass is 9.97. The number of fused-ring (bicyclic) bond motifs is 1. The quantitative estimate of drug-likeness (QED) is 0.264. The molecule has 3 heterocycles. The molecule has 1 amide bonds. The van der Waals surface area contributed by atoms with Crippen LogP contribution in [0.25, 0.3) is 22.2 Å². The molecule has 0 fully saturated rings. The maximum Gasteiger partial charge on any atom is 0.261 e. The van der Waals surface area contributed by atoms with Crippen molar-refractivity contribution < 1.29 is 18.3 Å². The highest BCUT2D eigenvalue weighted by Crippen LogP contribution is 2.31. The predicted molar refractivity (Wildman–Crippen MR) is 145 cm³/mol. The third-order valence-corrected chi connectivity index (χ3v) is 6.40. The van der Waals surface area contributed by atoms with Crippen molar-refractivity contribution in [1.82, 2.24) is 15.0 Å². The third kappa shape index (κ3) is 5.11. The largest absolute Gasteiger partial charge is 0.452 e. The summed E-state index contributed by atoms with van der Waals surface area (Å²) >= 11 is 0. The van der Waals surface area contributed by atoms with E-state index in [0.29, 0.717) is 33.6 Å². The lowest BCUT2D eigenvalue weighted by molar-refractivity contribution is 0.102. The van der Waals surface area contributed by atoms with Crippen LogP contribution in [-0.2, 0) is 6.42 Å². The highest BCUT2D eigenvalue weighted by Gasteiger charge is 2.19. The van der Waals surface area contributed by atoms with Crippen LogP contribution >= 0.6 is 0 Å². The van der Waals surface area contributed by atoms with Crippen molar-refractivity contribution in [3.05, 3.63) is 111 Å². The summed E-state index contributed by atoms with van der Waals surface area (Å²) in [5.41, 5.74) is 3.46. The maximum atomic E-state index is 15.0. The fourth-order valence-corrected chi connectivity index (χ4v) is 4.32. The molecule has 2 aromatic carbocycles. The fraction of sp³-hybridized carbons (Fsp3) is 0.133. The number of rotatable bonds is 6. The molecule has 3 aromatic heterocycles. The van der Waals surface area contributed by atoms with Gasteiger partial charge in [0, 0.05) is 47.7 Å². The minimum atomic E-state index is -0.721. The molecule has 5 aromatic rings. The first kappa shape index (κ1) is 25.7. The highest BCUT2D eigenvalue weighted by molar-refractivity contribution is 6.04. The molecule has 0 aliphatic carbocycles. The molecule has 5 rings (SSSR count). The lowest BCUT2D eigenvalue weighted by Crippen LogP contribution is -2.24. The van der Waals surface area contributed by atoms with Crippen LogP contribution in [0.2, 0.25) is 0 Å². The van der Waals surface area contributed by atoms with Crippen molar-refractivity contribution >= 4 is 22.6 Å². The Labute approximate surface area is 222 Å². The Bertz CT molecular complexity index is 1800. The molecule has 196 valence electrons. The molecule has 0 bridgehead atoms. The van der Waals surface area contributed by atoms with Crippen LogP contribution in [-0.4, -0.2) is 20.9 Å². The number of anilines is 1. The molecule has 2 N–H and O–H groups in total. The number of hydrogen-bond acceptors (Lipinski definition) is 5. The molecular formula is C30H24F2N4O3. The summed E-state index contributed by atoms with van der Waals surface area (Å²) in [6.45, 7) is 5.39. The van der Waals surface area contributed by atoms with Crippen LogP contribution in [0.5, 0.6) is 11.5 Å². The minimum Gasteiger partial charge on any atom is -0.452 e. The molecule has 0 aliphatic rings. The van der Waals surface area contributed by atoms with Crippen molar-refractivity contribution in [3.8, 4) is 22.6 Å². The van der Waals surface area contributed by atoms with E-state index in [2.05, 4.69) is 20.3 Å². The molecule has 0 spiro atoms. The van der Waals surface area contributed by atoms with E-state index in [1.807, 2.05) is 13.0 Å². The standard InChI is InChI=1S/C30H24F2N4O3/c1-4-18-12-24-28(35-14-18)26(9-10-33-24)39-25-8-6-20(13-23(25)32)36-30(38)22-15-34-17(3)27(29(22)37)21-7-5-19(31)11-16(21)2/h5-15H,4H2,1-3H3,(H,34,37)(H,36,38). The predicted octanol–water partition coefficient (Wildman–Crippen LogP) is 6.49. The van der Waals surface area contributed by atoms with E-state index < -0.39 is 23.0 Å². The van der Waals surface area contributed by atoms with Crippen LogP contribution in [0.3, 0.4) is 0 Å². The number of aromatic amines is 1. The number of aryl methyl sites for hydroxylation is 3. The first-order chi connectivity index (χ1) is 18.7. The summed E-state index contributed by atoms with van der Waals surface area (Å²) < 4.78 is 34.4. The van der Waals surface area contributed by atoms with Gasteiger partial charge in [-0.1, -0.05) is 13.0 Å². The average Bonchev–Trinajstić information content (AvgIpc) is 2.91. The van der Waals surface area contributed by atoms with Gasteiger partial charge in [0.05, 0.1) is 5.52 Å². The number of nitrogens with one attached hydrogen (secondary N) is 2. The van der Waals surface area contributed by atoms with E-state index in [1.165, 1.54) is 36.5 Å². The van der Waals surface area contributed by atoms with Crippen LogP contribution in [0.15, 0.2) is 71.9 Å². The number of ether oxygens (including phenoxy) is 1. The maximum absolute atomic E-state index is 15.0. The van der Waals surface area contributed by atoms with E-state index in [0.717, 1.165) is 18.1 Å². The summed E-state index contributed by atoms with van der Waals surface area (Å²) in [6, 6.07) is 11.5. The first-order valence-corrected chi connectivity index (χ1v) is 12.3. The Balaban J connectivity index is 1.40. The molecule has 0 aliphatic heterocycles. The van der Waals surface area contributed by atoms with Gasteiger partial charge < -0.3 is 15.0 Å². The fourth-order valence-electron chi connectivity index (χ4n) is 4.32. The molecular weight excluding hydrogens is 502 g/mol. The molecule has 0 saturated carbocycles. The Morgan fingerprint density at radius 3 is 2.59 bits per heavy atom. The molecule has 9 heteroatoms. The smallest absolute Gasteiger partial charge is 0.261 e. The van der Waals surface area contributed by atoms with Crippen molar-refractivity contribution in [2.45, 2.75) is 27.2 Å². The van der Waals surface area contributed by atoms with E-state index >= 15 is 0 Å². The average molecular weight is 527 g/mol. The van der Waals surface area contributed by atoms with Crippen LogP contribution < -0.4 is 15.5 Å². The van der Waals surface area contributed by atoms with E-state index in [-0.39, 0.29) is 22.6 Å². The first-order valence-electron chi connectivity index (χ1n) is 12.3. The topological polar surface area (TPSA) is 97.0 Å². The summed E-state index contributed by atoms with van der Waals surface area (Å²) in [6.07, 6.45) is 5.39. The molecule has 39 heavy (non-hydrogen) atoms. The normalized spacial score (nSPS) is 11.0.